The molecule has 1 amide bonds. The minimum atomic E-state index is -0.307. The first-order valence-corrected chi connectivity index (χ1v) is 8.69. The Balaban J connectivity index is 1.63. The average Bonchev–Trinajstić information content (AvgIpc) is 2.88. The van der Waals surface area contributed by atoms with Gasteiger partial charge in [-0.05, 0) is 43.6 Å². The smallest absolute Gasteiger partial charge is 0.252 e. The monoisotopic (exact) mass is 308 g/mol. The molecule has 1 aliphatic heterocycles. The third-order valence-corrected chi connectivity index (χ3v) is 5.79. The van der Waals surface area contributed by atoms with E-state index in [1.165, 1.54) is 16.9 Å². The van der Waals surface area contributed by atoms with Crippen molar-refractivity contribution in [2.24, 2.45) is 11.7 Å². The van der Waals surface area contributed by atoms with Crippen molar-refractivity contribution in [1.29, 1.82) is 0 Å². The molecule has 0 unspecified atom stereocenters. The van der Waals surface area contributed by atoms with Gasteiger partial charge in [0.15, 0.2) is 0 Å². The number of thiophene rings is 1. The molecule has 0 bridgehead atoms. The van der Waals surface area contributed by atoms with Gasteiger partial charge in [0.05, 0.1) is 5.56 Å². The molecule has 1 atom stereocenters. The van der Waals surface area contributed by atoms with Crippen LogP contribution in [0, 0.1) is 5.92 Å². The summed E-state index contributed by atoms with van der Waals surface area (Å²) in [6.07, 6.45) is 4.96. The van der Waals surface area contributed by atoms with Crippen molar-refractivity contribution in [2.75, 3.05) is 19.8 Å². The standard InChI is InChI=1S/C16H24N2O2S/c1-11-2-3-12-13(9-21-14(12)8-11)15(19)18-10-16(17)4-6-20-7-5-16/h9,11H,2-8,10,17H2,1H3,(H,18,19)/t11-/m0/s1. The zero-order valence-corrected chi connectivity index (χ0v) is 13.4. The average molecular weight is 308 g/mol. The van der Waals surface area contributed by atoms with Crippen molar-refractivity contribution in [3.63, 3.8) is 0 Å². The second-order valence-electron chi connectivity index (χ2n) is 6.56. The summed E-state index contributed by atoms with van der Waals surface area (Å²) < 4.78 is 5.34. The molecule has 116 valence electrons. The molecule has 0 spiro atoms. The number of nitrogens with two attached hydrogens (primary N) is 1. The SMILES string of the molecule is C[C@H]1CCc2c(C(=O)NCC3(N)CCOCC3)csc2C1. The van der Waals surface area contributed by atoms with E-state index in [0.29, 0.717) is 19.8 Å². The first kappa shape index (κ1) is 15.0. The molecule has 0 saturated carbocycles. The summed E-state index contributed by atoms with van der Waals surface area (Å²) in [5.74, 6) is 0.778. The number of ether oxygens (including phenoxy) is 1. The Labute approximate surface area is 130 Å². The number of carbonyl (C=O) groups is 1. The molecule has 0 radical (unpaired) electrons. The largest absolute Gasteiger partial charge is 0.381 e. The zero-order valence-electron chi connectivity index (χ0n) is 12.6. The second-order valence-corrected chi connectivity index (χ2v) is 7.52. The van der Waals surface area contributed by atoms with E-state index < -0.39 is 0 Å². The minimum Gasteiger partial charge on any atom is -0.381 e. The van der Waals surface area contributed by atoms with Gasteiger partial charge in [0.2, 0.25) is 0 Å². The third kappa shape index (κ3) is 3.30. The number of rotatable bonds is 3. The number of nitrogens with one attached hydrogen (secondary N) is 1. The highest BCUT2D eigenvalue weighted by Gasteiger charge is 2.29. The lowest BCUT2D eigenvalue weighted by Crippen LogP contribution is -2.53. The molecule has 3 rings (SSSR count). The quantitative estimate of drug-likeness (QED) is 0.899. The fourth-order valence-electron chi connectivity index (χ4n) is 3.17. The van der Waals surface area contributed by atoms with Gasteiger partial charge in [0, 0.05) is 35.6 Å². The van der Waals surface area contributed by atoms with Crippen LogP contribution in [0.5, 0.6) is 0 Å². The van der Waals surface area contributed by atoms with Gasteiger partial charge in [-0.25, -0.2) is 0 Å². The van der Waals surface area contributed by atoms with Crippen LogP contribution in [0.3, 0.4) is 0 Å². The number of carbonyl (C=O) groups excluding carboxylic acids is 1. The fourth-order valence-corrected chi connectivity index (χ4v) is 4.42. The number of amides is 1. The molecule has 1 aliphatic carbocycles. The molecule has 2 aliphatic rings. The molecule has 1 fully saturated rings. The topological polar surface area (TPSA) is 64.4 Å². The zero-order chi connectivity index (χ0) is 14.9. The lowest BCUT2D eigenvalue weighted by atomic mass is 9.88. The molecule has 1 aromatic rings. The minimum absolute atomic E-state index is 0.0402. The van der Waals surface area contributed by atoms with Crippen molar-refractivity contribution in [3.8, 4) is 0 Å². The first-order valence-electron chi connectivity index (χ1n) is 7.81. The van der Waals surface area contributed by atoms with E-state index in [-0.39, 0.29) is 11.4 Å². The van der Waals surface area contributed by atoms with Crippen molar-refractivity contribution >= 4 is 17.2 Å². The Morgan fingerprint density at radius 3 is 3.05 bits per heavy atom. The summed E-state index contributed by atoms with van der Waals surface area (Å²) in [4.78, 5) is 13.8. The van der Waals surface area contributed by atoms with Gasteiger partial charge in [0.25, 0.3) is 5.91 Å². The Hall–Kier alpha value is -0.910. The molecule has 1 saturated heterocycles. The van der Waals surface area contributed by atoms with Crippen LogP contribution in [-0.2, 0) is 17.6 Å². The van der Waals surface area contributed by atoms with Crippen LogP contribution >= 0.6 is 11.3 Å². The molecule has 2 heterocycles. The van der Waals surface area contributed by atoms with Gasteiger partial charge >= 0.3 is 0 Å². The molecule has 3 N–H and O–H groups in total. The van der Waals surface area contributed by atoms with E-state index in [4.69, 9.17) is 10.5 Å². The summed E-state index contributed by atoms with van der Waals surface area (Å²) in [6, 6.07) is 0. The van der Waals surface area contributed by atoms with Gasteiger partial charge in [0.1, 0.15) is 0 Å². The van der Waals surface area contributed by atoms with E-state index in [1.54, 1.807) is 11.3 Å². The Morgan fingerprint density at radius 1 is 1.52 bits per heavy atom. The van der Waals surface area contributed by atoms with Crippen LogP contribution in [0.25, 0.3) is 0 Å². The summed E-state index contributed by atoms with van der Waals surface area (Å²) in [5.41, 5.74) is 8.16. The van der Waals surface area contributed by atoms with Crippen LogP contribution in [0.2, 0.25) is 0 Å². The summed E-state index contributed by atoms with van der Waals surface area (Å²) in [6.45, 7) is 4.21. The van der Waals surface area contributed by atoms with Crippen LogP contribution in [0.1, 0.15) is 47.0 Å². The van der Waals surface area contributed by atoms with Gasteiger partial charge < -0.3 is 15.8 Å². The van der Waals surface area contributed by atoms with E-state index in [1.807, 2.05) is 5.38 Å². The van der Waals surface area contributed by atoms with Gasteiger partial charge in [-0.2, -0.15) is 0 Å². The molecule has 21 heavy (non-hydrogen) atoms. The Kier molecular flexibility index (Phi) is 4.33. The van der Waals surface area contributed by atoms with Gasteiger partial charge in [-0.1, -0.05) is 6.92 Å². The number of hydrogen-bond donors (Lipinski definition) is 2. The molecule has 4 nitrogen and oxygen atoms in total. The summed E-state index contributed by atoms with van der Waals surface area (Å²) in [5, 5.41) is 5.06. The van der Waals surface area contributed by atoms with Crippen LogP contribution in [0.4, 0.5) is 0 Å². The first-order chi connectivity index (χ1) is 10.1. The normalized spacial score (nSPS) is 24.4. The van der Waals surface area contributed by atoms with E-state index >= 15 is 0 Å². The maximum Gasteiger partial charge on any atom is 0.252 e. The number of fused-ring (bicyclic) bond motifs is 1. The predicted octanol–water partition coefficient (Wildman–Crippen LogP) is 2.11. The molecular formula is C16H24N2O2S. The third-order valence-electron chi connectivity index (χ3n) is 4.74. The lowest BCUT2D eigenvalue weighted by molar-refractivity contribution is 0.0518. The second kappa shape index (κ2) is 6.07. The number of hydrogen-bond acceptors (Lipinski definition) is 4. The van der Waals surface area contributed by atoms with Gasteiger partial charge in [-0.3, -0.25) is 4.79 Å². The molecule has 0 aromatic carbocycles. The molecular weight excluding hydrogens is 284 g/mol. The van der Waals surface area contributed by atoms with Crippen LogP contribution in [-0.4, -0.2) is 31.2 Å². The van der Waals surface area contributed by atoms with Crippen molar-refractivity contribution < 1.29 is 9.53 Å². The maximum atomic E-state index is 12.5. The van der Waals surface area contributed by atoms with Crippen molar-refractivity contribution in [1.82, 2.24) is 5.32 Å². The highest BCUT2D eigenvalue weighted by molar-refractivity contribution is 7.10. The predicted molar refractivity (Wildman–Crippen MR) is 84.8 cm³/mol. The van der Waals surface area contributed by atoms with Crippen LogP contribution < -0.4 is 11.1 Å². The van der Waals surface area contributed by atoms with Crippen LogP contribution in [0.15, 0.2) is 5.38 Å². The molecule has 1 aromatic heterocycles. The highest BCUT2D eigenvalue weighted by atomic mass is 32.1. The summed E-state index contributed by atoms with van der Waals surface area (Å²) >= 11 is 1.73. The highest BCUT2D eigenvalue weighted by Crippen LogP contribution is 2.32. The Morgan fingerprint density at radius 2 is 2.29 bits per heavy atom. The lowest BCUT2D eigenvalue weighted by Gasteiger charge is -2.33. The Bertz CT molecular complexity index is 520. The van der Waals surface area contributed by atoms with Crippen molar-refractivity contribution in [2.45, 2.75) is 44.6 Å². The van der Waals surface area contributed by atoms with E-state index in [0.717, 1.165) is 37.2 Å². The van der Waals surface area contributed by atoms with E-state index in [2.05, 4.69) is 12.2 Å². The van der Waals surface area contributed by atoms with Gasteiger partial charge in [-0.15, -0.1) is 11.3 Å². The fraction of sp³-hybridized carbons (Fsp3) is 0.688. The molecule has 5 heteroatoms. The van der Waals surface area contributed by atoms with Crippen molar-refractivity contribution in [3.05, 3.63) is 21.4 Å². The summed E-state index contributed by atoms with van der Waals surface area (Å²) in [7, 11) is 0. The maximum absolute atomic E-state index is 12.5. The van der Waals surface area contributed by atoms with E-state index in [9.17, 15) is 4.79 Å².